The summed E-state index contributed by atoms with van der Waals surface area (Å²) in [7, 11) is 0. The lowest BCUT2D eigenvalue weighted by atomic mass is 10.1. The fourth-order valence-electron chi connectivity index (χ4n) is 3.33. The minimum absolute atomic E-state index is 0.0531. The van der Waals surface area contributed by atoms with Gasteiger partial charge in [-0.15, -0.1) is 0 Å². The molecule has 0 unspecified atom stereocenters. The third-order valence-corrected chi connectivity index (χ3v) is 5.08. The highest BCUT2D eigenvalue weighted by atomic mass is 35.5. The molecule has 26 heavy (non-hydrogen) atoms. The number of amides is 1. The highest BCUT2D eigenvalue weighted by Crippen LogP contribution is 2.16. The van der Waals surface area contributed by atoms with Gasteiger partial charge in [0.15, 0.2) is 0 Å². The van der Waals surface area contributed by atoms with Gasteiger partial charge < -0.3 is 10.6 Å². The first-order valence-electron chi connectivity index (χ1n) is 9.14. The third-order valence-electron chi connectivity index (χ3n) is 4.83. The summed E-state index contributed by atoms with van der Waals surface area (Å²) in [5.41, 5.74) is 2.44. The first-order valence-corrected chi connectivity index (χ1v) is 9.52. The number of rotatable bonds is 7. The molecule has 2 aromatic carbocycles. The Morgan fingerprint density at radius 3 is 2.65 bits per heavy atom. The maximum atomic E-state index is 12.2. The number of likely N-dealkylation sites (tertiary alicyclic amines) is 1. The molecule has 3 rings (SSSR count). The number of hydrogen-bond donors (Lipinski definition) is 2. The van der Waals surface area contributed by atoms with Crippen molar-refractivity contribution in [1.29, 1.82) is 0 Å². The smallest absolute Gasteiger partial charge is 0.234 e. The molecule has 1 amide bonds. The molecule has 0 bridgehead atoms. The Morgan fingerprint density at radius 2 is 1.92 bits per heavy atom. The van der Waals surface area contributed by atoms with Gasteiger partial charge in [0.25, 0.3) is 0 Å². The summed E-state index contributed by atoms with van der Waals surface area (Å²) in [6.45, 7) is 5.24. The van der Waals surface area contributed by atoms with Gasteiger partial charge in [-0.05, 0) is 36.6 Å². The Bertz CT molecular complexity index is 705. The minimum atomic E-state index is 0.0531. The van der Waals surface area contributed by atoms with E-state index in [1.54, 1.807) is 0 Å². The molecular weight excluding hydrogens is 346 g/mol. The molecular formula is C21H26ClN3O. The summed E-state index contributed by atoms with van der Waals surface area (Å²) in [4.78, 5) is 14.6. The van der Waals surface area contributed by atoms with Crippen LogP contribution in [0.1, 0.15) is 30.5 Å². The Kier molecular flexibility index (Phi) is 6.67. The molecule has 1 saturated heterocycles. The summed E-state index contributed by atoms with van der Waals surface area (Å²) in [5, 5.41) is 7.14. The van der Waals surface area contributed by atoms with E-state index in [1.165, 1.54) is 5.56 Å². The first-order chi connectivity index (χ1) is 12.6. The van der Waals surface area contributed by atoms with Crippen LogP contribution in [0.5, 0.6) is 0 Å². The number of benzene rings is 2. The van der Waals surface area contributed by atoms with Crippen LogP contribution >= 0.6 is 11.6 Å². The van der Waals surface area contributed by atoms with E-state index in [-0.39, 0.29) is 18.0 Å². The quantitative estimate of drug-likeness (QED) is 0.784. The predicted molar refractivity (Wildman–Crippen MR) is 106 cm³/mol. The molecule has 0 aromatic heterocycles. The fourth-order valence-corrected chi connectivity index (χ4v) is 3.46. The lowest BCUT2D eigenvalue weighted by Gasteiger charge is -2.18. The van der Waals surface area contributed by atoms with Crippen LogP contribution in [-0.4, -0.2) is 36.5 Å². The van der Waals surface area contributed by atoms with Gasteiger partial charge in [-0.3, -0.25) is 9.69 Å². The summed E-state index contributed by atoms with van der Waals surface area (Å²) in [5.74, 6) is 0.0531. The molecule has 2 aromatic rings. The molecule has 1 fully saturated rings. The number of carbonyl (C=O) groups is 1. The van der Waals surface area contributed by atoms with Crippen LogP contribution in [0.4, 0.5) is 0 Å². The Hall–Kier alpha value is -1.88. The lowest BCUT2D eigenvalue weighted by molar-refractivity contribution is -0.121. The van der Waals surface area contributed by atoms with Crippen LogP contribution in [-0.2, 0) is 11.3 Å². The van der Waals surface area contributed by atoms with Gasteiger partial charge in [-0.25, -0.2) is 0 Å². The largest absolute Gasteiger partial charge is 0.351 e. The molecule has 2 N–H and O–H groups in total. The number of carbonyl (C=O) groups excluding carboxylic acids is 1. The summed E-state index contributed by atoms with van der Waals surface area (Å²) < 4.78 is 0. The summed E-state index contributed by atoms with van der Waals surface area (Å²) in [6.07, 6.45) is 1.01. The topological polar surface area (TPSA) is 44.4 Å². The van der Waals surface area contributed by atoms with Gasteiger partial charge in [0.05, 0.1) is 6.54 Å². The summed E-state index contributed by atoms with van der Waals surface area (Å²) in [6, 6.07) is 18.5. The number of hydrogen-bond acceptors (Lipinski definition) is 3. The maximum absolute atomic E-state index is 12.2. The van der Waals surface area contributed by atoms with E-state index in [9.17, 15) is 4.79 Å². The molecule has 0 radical (unpaired) electrons. The highest BCUT2D eigenvalue weighted by Gasteiger charge is 2.23. The molecule has 1 aliphatic heterocycles. The molecule has 5 heteroatoms. The molecule has 4 nitrogen and oxygen atoms in total. The van der Waals surface area contributed by atoms with Crippen molar-refractivity contribution in [1.82, 2.24) is 15.5 Å². The van der Waals surface area contributed by atoms with Gasteiger partial charge >= 0.3 is 0 Å². The predicted octanol–water partition coefficient (Wildman–Crippen LogP) is 3.38. The second kappa shape index (κ2) is 9.17. The van der Waals surface area contributed by atoms with Crippen molar-refractivity contribution in [3.05, 3.63) is 70.7 Å². The first kappa shape index (κ1) is 18.9. The van der Waals surface area contributed by atoms with Gasteiger partial charge in [-0.1, -0.05) is 54.1 Å². The average Bonchev–Trinajstić information content (AvgIpc) is 3.08. The second-order valence-electron chi connectivity index (χ2n) is 6.93. The van der Waals surface area contributed by atoms with Crippen LogP contribution in [0.2, 0.25) is 5.02 Å². The monoisotopic (exact) mass is 371 g/mol. The number of halogens is 1. The highest BCUT2D eigenvalue weighted by molar-refractivity contribution is 6.30. The Labute approximate surface area is 160 Å². The van der Waals surface area contributed by atoms with Crippen LogP contribution in [0.25, 0.3) is 0 Å². The zero-order valence-electron chi connectivity index (χ0n) is 15.1. The minimum Gasteiger partial charge on any atom is -0.351 e. The fraction of sp³-hybridized carbons (Fsp3) is 0.381. The van der Waals surface area contributed by atoms with Gasteiger partial charge in [0.1, 0.15) is 0 Å². The zero-order chi connectivity index (χ0) is 18.4. The second-order valence-corrected chi connectivity index (χ2v) is 7.36. The lowest BCUT2D eigenvalue weighted by Crippen LogP contribution is -2.42. The van der Waals surface area contributed by atoms with E-state index in [0.717, 1.165) is 36.6 Å². The average molecular weight is 372 g/mol. The van der Waals surface area contributed by atoms with E-state index in [4.69, 9.17) is 11.6 Å². The van der Waals surface area contributed by atoms with Crippen molar-refractivity contribution in [3.8, 4) is 0 Å². The van der Waals surface area contributed by atoms with Crippen molar-refractivity contribution in [2.45, 2.75) is 32.0 Å². The Morgan fingerprint density at radius 1 is 1.19 bits per heavy atom. The van der Waals surface area contributed by atoms with Crippen molar-refractivity contribution in [3.63, 3.8) is 0 Å². The van der Waals surface area contributed by atoms with Crippen molar-refractivity contribution in [2.75, 3.05) is 19.6 Å². The van der Waals surface area contributed by atoms with Crippen LogP contribution in [0, 0.1) is 0 Å². The molecule has 0 saturated carbocycles. The molecule has 0 spiro atoms. The number of nitrogens with zero attached hydrogens (tertiary/aromatic N) is 1. The van der Waals surface area contributed by atoms with Gasteiger partial charge in [0, 0.05) is 36.7 Å². The third kappa shape index (κ3) is 5.56. The van der Waals surface area contributed by atoms with E-state index < -0.39 is 0 Å². The van der Waals surface area contributed by atoms with Crippen molar-refractivity contribution in [2.24, 2.45) is 0 Å². The summed E-state index contributed by atoms with van der Waals surface area (Å²) >= 11 is 5.91. The van der Waals surface area contributed by atoms with E-state index in [1.807, 2.05) is 37.3 Å². The number of nitrogens with one attached hydrogen (secondary N) is 2. The van der Waals surface area contributed by atoms with Crippen LogP contribution in [0.15, 0.2) is 54.6 Å². The zero-order valence-corrected chi connectivity index (χ0v) is 15.9. The van der Waals surface area contributed by atoms with Crippen LogP contribution < -0.4 is 10.6 Å². The molecule has 1 aliphatic rings. The molecule has 1 heterocycles. The Balaban J connectivity index is 1.39. The van der Waals surface area contributed by atoms with Crippen molar-refractivity contribution < 1.29 is 4.79 Å². The van der Waals surface area contributed by atoms with E-state index in [2.05, 4.69) is 39.8 Å². The molecule has 2 atom stereocenters. The molecule has 0 aliphatic carbocycles. The van der Waals surface area contributed by atoms with Crippen molar-refractivity contribution >= 4 is 17.5 Å². The van der Waals surface area contributed by atoms with Gasteiger partial charge in [0.2, 0.25) is 5.91 Å². The maximum Gasteiger partial charge on any atom is 0.234 e. The standard InChI is InChI=1S/C21H26ClN3O/c1-16(18-7-9-19(22)10-8-18)23-13-21(26)24-20-11-12-25(15-20)14-17-5-3-2-4-6-17/h2-10,16,20,23H,11-15H2,1H3,(H,24,26)/t16-,20+/m0/s1. The normalized spacial score (nSPS) is 18.6. The SMILES string of the molecule is C[C@H](NCC(=O)N[C@@H]1CCN(Cc2ccccc2)C1)c1ccc(Cl)cc1. The van der Waals surface area contributed by atoms with E-state index in [0.29, 0.717) is 6.54 Å². The van der Waals surface area contributed by atoms with E-state index >= 15 is 0 Å². The molecule has 138 valence electrons. The van der Waals surface area contributed by atoms with Gasteiger partial charge in [-0.2, -0.15) is 0 Å². The van der Waals surface area contributed by atoms with Crippen LogP contribution in [0.3, 0.4) is 0 Å².